The molecule has 4 aromatic rings. The van der Waals surface area contributed by atoms with Crippen molar-refractivity contribution in [2.45, 2.75) is 151 Å². The number of aliphatic carboxylic acids is 2. The molecule has 4 aromatic carbocycles. The summed E-state index contributed by atoms with van der Waals surface area (Å²) in [6, 6.07) is 19.9. The molecule has 0 bridgehead atoms. The summed E-state index contributed by atoms with van der Waals surface area (Å²) in [7, 11) is 0. The molecule has 76 heavy (non-hydrogen) atoms. The van der Waals surface area contributed by atoms with E-state index < -0.39 is 23.9 Å². The van der Waals surface area contributed by atoms with Gasteiger partial charge in [-0.1, -0.05) is 132 Å². The maximum Gasteiger partial charge on any atom is 1.00 e. The van der Waals surface area contributed by atoms with Crippen LogP contribution in [0.1, 0.15) is 179 Å². The Morgan fingerprint density at radius 1 is 0.645 bits per heavy atom. The summed E-state index contributed by atoms with van der Waals surface area (Å²) in [6.45, 7) is 12.5. The van der Waals surface area contributed by atoms with Crippen molar-refractivity contribution in [2.75, 3.05) is 0 Å². The van der Waals surface area contributed by atoms with Crippen LogP contribution in [0.4, 0.5) is 0 Å². The molecule has 0 aromatic heterocycles. The Morgan fingerprint density at radius 2 is 1.14 bits per heavy atom. The predicted octanol–water partition coefficient (Wildman–Crippen LogP) is 12.8. The number of allylic oxidation sites excluding steroid dienone is 1. The van der Waals surface area contributed by atoms with Crippen molar-refractivity contribution in [2.24, 2.45) is 58.2 Å². The van der Waals surface area contributed by atoms with Gasteiger partial charge >= 0.3 is 53.4 Å². The van der Waals surface area contributed by atoms with Gasteiger partial charge < -0.3 is 29.9 Å². The Labute approximate surface area is 481 Å². The molecule has 10 nitrogen and oxygen atoms in total. The zero-order chi connectivity index (χ0) is 53.8. The minimum Gasteiger partial charge on any atom is -0.486 e. The number of hydrogen-bond acceptors (Lipinski definition) is 6. The van der Waals surface area contributed by atoms with E-state index in [1.165, 1.54) is 82.8 Å². The van der Waals surface area contributed by atoms with Gasteiger partial charge in [0.2, 0.25) is 0 Å². The summed E-state index contributed by atoms with van der Waals surface area (Å²) in [4.78, 5) is 48.4. The van der Waals surface area contributed by atoms with Crippen molar-refractivity contribution in [1.82, 2.24) is 0 Å². The standard InChI is InChI=1S/C63H76Cl2O10.Na/c1-37(2)8-6-9-38(3)51-22-23-52-48-21-20-46-28-39(24-26-62(46,4)53(48)25-27-63(51,52)5)10-7-11-47(44-31-49(60(70)71)58(54(64)33-44)74-35-42-16-12-40(13-17-42)29-56(66)67)45-32-50(61(72)73)59(55(65)34-45)75-36-43-18-14-41(15-19-43)30-57(68)69;/h11-19,31-34,37-39,46,48,51-53H,6-10,20-30,35-36H2,1-5H3,(H,66,67)(H,68,69)(H,70,71)(H,72,73);/q;+1/t38?,39-,46-,48-,51+,52-,53-,62-,63+;/m0./s1. The van der Waals surface area contributed by atoms with Gasteiger partial charge in [-0.3, -0.25) is 9.59 Å². The molecule has 0 aliphatic heterocycles. The molecule has 1 unspecified atom stereocenters. The number of hydrogen-bond donors (Lipinski definition) is 4. The number of aromatic carboxylic acids is 2. The van der Waals surface area contributed by atoms with Crippen molar-refractivity contribution in [3.8, 4) is 11.5 Å². The first kappa shape index (κ1) is 59.3. The Bertz CT molecular complexity index is 2620. The molecule has 4 aliphatic rings. The van der Waals surface area contributed by atoms with Crippen LogP contribution in [0.5, 0.6) is 11.5 Å². The van der Waals surface area contributed by atoms with E-state index in [0.29, 0.717) is 68.0 Å². The molecule has 0 radical (unpaired) electrons. The Kier molecular flexibility index (Phi) is 20.0. The normalized spacial score (nSPS) is 25.0. The molecular weight excluding hydrogens is 1010 g/mol. The van der Waals surface area contributed by atoms with Crippen molar-refractivity contribution in [1.29, 1.82) is 0 Å². The molecule has 0 saturated heterocycles. The second kappa shape index (κ2) is 25.6. The predicted molar refractivity (Wildman–Crippen MR) is 294 cm³/mol. The number of fused-ring (bicyclic) bond motifs is 5. The van der Waals surface area contributed by atoms with Gasteiger partial charge in [0.25, 0.3) is 0 Å². The van der Waals surface area contributed by atoms with Crippen molar-refractivity contribution in [3.05, 3.63) is 133 Å². The topological polar surface area (TPSA) is 168 Å². The van der Waals surface area contributed by atoms with Crippen molar-refractivity contribution in [3.63, 3.8) is 0 Å². The Balaban J connectivity index is 0.00000840. The quantitative estimate of drug-likeness (QED) is 0.0556. The van der Waals surface area contributed by atoms with Crippen LogP contribution < -0.4 is 39.0 Å². The van der Waals surface area contributed by atoms with Crippen LogP contribution >= 0.6 is 23.2 Å². The van der Waals surface area contributed by atoms with Crippen LogP contribution in [-0.2, 0) is 35.6 Å². The minimum absolute atomic E-state index is 0. The van der Waals surface area contributed by atoms with Gasteiger partial charge in [-0.25, -0.2) is 9.59 Å². The van der Waals surface area contributed by atoms with E-state index in [-0.39, 0.29) is 88.3 Å². The first-order valence-electron chi connectivity index (χ1n) is 27.4. The molecular formula is C63H76Cl2NaO10+. The van der Waals surface area contributed by atoms with E-state index in [0.717, 1.165) is 48.3 Å². The molecule has 4 aliphatic carbocycles. The summed E-state index contributed by atoms with van der Waals surface area (Å²) in [5.74, 6) is 1.54. The van der Waals surface area contributed by atoms with Crippen LogP contribution in [0.2, 0.25) is 10.0 Å². The SMILES string of the molecule is CC(C)CCCC(C)[C@H]1CC[C@H]2[C@@H]3CC[C@H]4C[C@@H](CCC=C(c5cc(Cl)c(OCc6ccc(CC(=O)O)cc6)c(C(=O)O)c5)c5cc(Cl)c(OCc6ccc(CC(=O)O)cc6)c(C(=O)O)c5)CC[C@]4(C)[C@H]3CC[C@]12C.[Na+]. The van der Waals surface area contributed by atoms with Gasteiger partial charge in [0, 0.05) is 0 Å². The number of rotatable bonds is 22. The van der Waals surface area contributed by atoms with Gasteiger partial charge in [0.1, 0.15) is 24.3 Å². The summed E-state index contributed by atoms with van der Waals surface area (Å²) in [5, 5.41) is 39.7. The molecule has 402 valence electrons. The first-order valence-corrected chi connectivity index (χ1v) is 28.2. The third-order valence-electron chi connectivity index (χ3n) is 18.6. The van der Waals surface area contributed by atoms with E-state index in [4.69, 9.17) is 32.7 Å². The van der Waals surface area contributed by atoms with Crippen LogP contribution in [0.15, 0.2) is 78.9 Å². The smallest absolute Gasteiger partial charge is 0.486 e. The zero-order valence-corrected chi connectivity index (χ0v) is 48.9. The van der Waals surface area contributed by atoms with Gasteiger partial charge in [-0.2, -0.15) is 0 Å². The summed E-state index contributed by atoms with van der Waals surface area (Å²) < 4.78 is 12.1. The molecule has 4 saturated carbocycles. The number of halogens is 2. The van der Waals surface area contributed by atoms with Crippen LogP contribution in [0.25, 0.3) is 5.57 Å². The third kappa shape index (κ3) is 13.6. The van der Waals surface area contributed by atoms with E-state index in [1.54, 1.807) is 60.7 Å². The van der Waals surface area contributed by atoms with Crippen molar-refractivity contribution < 1.29 is 78.6 Å². The molecule has 0 spiro atoms. The monoisotopic (exact) mass is 1090 g/mol. The number of ether oxygens (including phenoxy) is 2. The van der Waals surface area contributed by atoms with Crippen molar-refractivity contribution >= 4 is 52.7 Å². The Morgan fingerprint density at radius 3 is 1.64 bits per heavy atom. The third-order valence-corrected chi connectivity index (χ3v) is 19.2. The second-order valence-corrected chi connectivity index (χ2v) is 24.5. The second-order valence-electron chi connectivity index (χ2n) is 23.7. The van der Waals surface area contributed by atoms with Gasteiger partial charge in [0.05, 0.1) is 22.9 Å². The maximum absolute atomic E-state index is 13.0. The van der Waals surface area contributed by atoms with E-state index in [9.17, 15) is 39.6 Å². The number of carbonyl (C=O) groups is 4. The van der Waals surface area contributed by atoms with Crippen LogP contribution in [0.3, 0.4) is 0 Å². The molecule has 0 heterocycles. The van der Waals surface area contributed by atoms with Gasteiger partial charge in [0.15, 0.2) is 11.5 Å². The fourth-order valence-corrected chi connectivity index (χ4v) is 15.3. The average molecular weight is 1090 g/mol. The van der Waals surface area contributed by atoms with Crippen LogP contribution in [-0.4, -0.2) is 44.3 Å². The minimum atomic E-state index is -1.27. The molecule has 9 atom stereocenters. The average Bonchev–Trinajstić information content (AvgIpc) is 3.79. The zero-order valence-electron chi connectivity index (χ0n) is 45.3. The number of carboxylic acids is 4. The van der Waals surface area contributed by atoms with E-state index >= 15 is 0 Å². The van der Waals surface area contributed by atoms with Gasteiger partial charge in [-0.05, 0) is 192 Å². The molecule has 13 heteroatoms. The summed E-state index contributed by atoms with van der Waals surface area (Å²) >= 11 is 13.9. The van der Waals surface area contributed by atoms with E-state index in [2.05, 4.69) is 40.7 Å². The largest absolute Gasteiger partial charge is 1.00 e. The first-order chi connectivity index (χ1) is 35.7. The fourth-order valence-electron chi connectivity index (χ4n) is 14.8. The molecule has 8 rings (SSSR count). The molecule has 4 fully saturated rings. The number of carboxylic acid groups (broad SMARTS) is 4. The Hall–Kier alpha value is -4.32. The fraction of sp³-hybridized carbons (Fsp3) is 0.524. The molecule has 4 N–H and O–H groups in total. The summed E-state index contributed by atoms with van der Waals surface area (Å²) in [5.41, 5.74) is 4.52. The van der Waals surface area contributed by atoms with Gasteiger partial charge in [-0.15, -0.1) is 0 Å². The molecule has 0 amide bonds. The number of benzene rings is 4. The summed E-state index contributed by atoms with van der Waals surface area (Å²) in [6.07, 6.45) is 19.1. The van der Waals surface area contributed by atoms with E-state index in [1.807, 2.05) is 0 Å². The van der Waals surface area contributed by atoms with Crippen LogP contribution in [0, 0.1) is 58.2 Å². The maximum atomic E-state index is 13.0.